The zero-order valence-electron chi connectivity index (χ0n) is 16.1. The van der Waals surface area contributed by atoms with Crippen LogP contribution in [0.15, 0.2) is 47.3 Å². The number of hydrogen-bond acceptors (Lipinski definition) is 4. The normalized spacial score (nSPS) is 12.5. The molecule has 7 heteroatoms. The monoisotopic (exact) mass is 394 g/mol. The van der Waals surface area contributed by atoms with Crippen LogP contribution in [0.1, 0.15) is 29.1 Å². The summed E-state index contributed by atoms with van der Waals surface area (Å²) in [5.74, 6) is 0.665. The van der Waals surface area contributed by atoms with Gasteiger partial charge < -0.3 is 5.32 Å². The molecule has 0 aliphatic carbocycles. The van der Waals surface area contributed by atoms with Crippen LogP contribution in [0, 0.1) is 13.8 Å². The lowest BCUT2D eigenvalue weighted by Gasteiger charge is -2.13. The molecule has 0 radical (unpaired) electrons. The summed E-state index contributed by atoms with van der Waals surface area (Å²) in [6, 6.07) is 14.0. The lowest BCUT2D eigenvalue weighted by Crippen LogP contribution is -2.36. The minimum absolute atomic E-state index is 0.0878. The van der Waals surface area contributed by atoms with E-state index in [1.165, 1.54) is 15.1 Å². The highest BCUT2D eigenvalue weighted by Gasteiger charge is 2.16. The number of nitrogens with one attached hydrogen (secondary N) is 1. The van der Waals surface area contributed by atoms with Crippen LogP contribution in [0.25, 0.3) is 15.7 Å². The molecule has 1 N–H and O–H groups in total. The molecule has 4 rings (SSSR count). The second-order valence-corrected chi connectivity index (χ2v) is 8.39. The van der Waals surface area contributed by atoms with Crippen molar-refractivity contribution in [3.05, 3.63) is 69.1 Å². The first-order chi connectivity index (χ1) is 13.4. The summed E-state index contributed by atoms with van der Waals surface area (Å²) in [7, 11) is 0. The Morgan fingerprint density at radius 1 is 1.18 bits per heavy atom. The van der Waals surface area contributed by atoms with Gasteiger partial charge in [-0.25, -0.2) is 4.68 Å². The summed E-state index contributed by atoms with van der Waals surface area (Å²) in [4.78, 5) is 26.4. The molecule has 0 aliphatic heterocycles. The van der Waals surface area contributed by atoms with Crippen LogP contribution in [0.2, 0.25) is 0 Å². The van der Waals surface area contributed by atoms with Gasteiger partial charge in [-0.2, -0.15) is 5.10 Å². The number of rotatable bonds is 5. The van der Waals surface area contributed by atoms with Gasteiger partial charge in [0.1, 0.15) is 17.9 Å². The summed E-state index contributed by atoms with van der Waals surface area (Å²) in [6.07, 6.45) is 0. The van der Waals surface area contributed by atoms with Gasteiger partial charge in [0, 0.05) is 11.4 Å². The fourth-order valence-corrected chi connectivity index (χ4v) is 4.43. The number of amides is 1. The maximum absolute atomic E-state index is 12.8. The Bertz CT molecular complexity index is 1220. The molecule has 144 valence electrons. The first kappa shape index (κ1) is 18.4. The van der Waals surface area contributed by atoms with Gasteiger partial charge in [-0.15, -0.1) is 11.3 Å². The number of fused-ring (bicyclic) bond motifs is 3. The van der Waals surface area contributed by atoms with E-state index in [0.29, 0.717) is 17.9 Å². The van der Waals surface area contributed by atoms with Gasteiger partial charge in [0.25, 0.3) is 5.56 Å². The zero-order chi connectivity index (χ0) is 19.8. The summed E-state index contributed by atoms with van der Waals surface area (Å²) in [6.45, 7) is 6.38. The van der Waals surface area contributed by atoms with E-state index in [1.54, 1.807) is 11.3 Å². The van der Waals surface area contributed by atoms with Crippen LogP contribution in [0.5, 0.6) is 0 Å². The van der Waals surface area contributed by atoms with Gasteiger partial charge >= 0.3 is 0 Å². The van der Waals surface area contributed by atoms with Gasteiger partial charge in [0.2, 0.25) is 5.91 Å². The van der Waals surface area contributed by atoms with Crippen LogP contribution in [-0.4, -0.2) is 26.6 Å². The minimum atomic E-state index is -0.252. The van der Waals surface area contributed by atoms with Gasteiger partial charge in [0.05, 0.1) is 10.2 Å². The molecule has 0 fully saturated rings. The molecule has 3 aromatic heterocycles. The summed E-state index contributed by atoms with van der Waals surface area (Å²) >= 11 is 1.65. The van der Waals surface area contributed by atoms with Crippen molar-refractivity contribution in [3.8, 4) is 0 Å². The quantitative estimate of drug-likeness (QED) is 0.565. The molecule has 3 heterocycles. The van der Waals surface area contributed by atoms with Gasteiger partial charge in [0.15, 0.2) is 0 Å². The molecule has 4 aromatic rings. The second kappa shape index (κ2) is 7.24. The van der Waals surface area contributed by atoms with E-state index in [0.717, 1.165) is 10.2 Å². The molecular weight excluding hydrogens is 372 g/mol. The number of aryl methyl sites for hydroxylation is 2. The molecule has 0 aliphatic rings. The minimum Gasteiger partial charge on any atom is -0.354 e. The Hall–Kier alpha value is -2.93. The van der Waals surface area contributed by atoms with E-state index >= 15 is 0 Å². The highest BCUT2D eigenvalue weighted by atomic mass is 32.1. The molecule has 0 unspecified atom stereocenters. The largest absolute Gasteiger partial charge is 0.354 e. The number of carbonyl (C=O) groups is 1. The Morgan fingerprint density at radius 2 is 1.93 bits per heavy atom. The topological polar surface area (TPSA) is 68.4 Å². The van der Waals surface area contributed by atoms with Crippen molar-refractivity contribution in [1.29, 1.82) is 0 Å². The van der Waals surface area contributed by atoms with Gasteiger partial charge in [-0.1, -0.05) is 37.3 Å². The zero-order valence-corrected chi connectivity index (χ0v) is 16.9. The van der Waals surface area contributed by atoms with Crippen molar-refractivity contribution >= 4 is 33.0 Å². The molecule has 1 amide bonds. The number of thiophene rings is 1. The molecule has 1 aromatic carbocycles. The van der Waals surface area contributed by atoms with Crippen LogP contribution < -0.4 is 10.9 Å². The van der Waals surface area contributed by atoms with Crippen molar-refractivity contribution < 1.29 is 4.79 Å². The number of nitrogens with zero attached hydrogens (tertiary/aromatic N) is 3. The van der Waals surface area contributed by atoms with Crippen molar-refractivity contribution in [3.63, 3.8) is 0 Å². The third kappa shape index (κ3) is 3.33. The van der Waals surface area contributed by atoms with E-state index in [2.05, 4.69) is 23.4 Å². The third-order valence-corrected chi connectivity index (χ3v) is 5.91. The van der Waals surface area contributed by atoms with E-state index in [9.17, 15) is 9.59 Å². The van der Waals surface area contributed by atoms with Crippen LogP contribution in [-0.2, 0) is 11.3 Å². The highest BCUT2D eigenvalue weighted by molar-refractivity contribution is 7.19. The van der Waals surface area contributed by atoms with E-state index < -0.39 is 0 Å². The lowest BCUT2D eigenvalue weighted by atomic mass is 10.0. The first-order valence-electron chi connectivity index (χ1n) is 9.25. The molecule has 28 heavy (non-hydrogen) atoms. The Balaban J connectivity index is 1.53. The van der Waals surface area contributed by atoms with Crippen molar-refractivity contribution in [2.24, 2.45) is 0 Å². The summed E-state index contributed by atoms with van der Waals surface area (Å²) < 4.78 is 4.18. The number of aromatic nitrogens is 3. The second-order valence-electron chi connectivity index (χ2n) is 7.10. The molecule has 0 saturated heterocycles. The van der Waals surface area contributed by atoms with Crippen LogP contribution in [0.3, 0.4) is 0 Å². The maximum Gasteiger partial charge on any atom is 0.291 e. The Labute approximate surface area is 166 Å². The van der Waals surface area contributed by atoms with E-state index in [-0.39, 0.29) is 23.9 Å². The maximum atomic E-state index is 12.8. The van der Waals surface area contributed by atoms with E-state index in [4.69, 9.17) is 0 Å². The smallest absolute Gasteiger partial charge is 0.291 e. The molecule has 6 nitrogen and oxygen atoms in total. The summed E-state index contributed by atoms with van der Waals surface area (Å²) in [5, 5.41) is 7.28. The molecule has 0 saturated carbocycles. The molecule has 0 bridgehead atoms. The van der Waals surface area contributed by atoms with Gasteiger partial charge in [-0.05, 0) is 37.5 Å². The van der Waals surface area contributed by atoms with Gasteiger partial charge in [-0.3, -0.25) is 14.0 Å². The highest BCUT2D eigenvalue weighted by Crippen LogP contribution is 2.27. The SMILES string of the molecule is Cc1cc2c(cc3c(=O)n(CC(=O)NC[C@@H](C)c4ccccc4)nc(C)n32)s1. The third-order valence-electron chi connectivity index (χ3n) is 4.92. The fourth-order valence-electron chi connectivity index (χ4n) is 3.48. The predicted molar refractivity (Wildman–Crippen MR) is 112 cm³/mol. The number of hydrogen-bond donors (Lipinski definition) is 1. The van der Waals surface area contributed by atoms with Crippen molar-refractivity contribution in [2.75, 3.05) is 6.54 Å². The number of benzene rings is 1. The Kier molecular flexibility index (Phi) is 4.77. The number of carbonyl (C=O) groups excluding carboxylic acids is 1. The Morgan fingerprint density at radius 3 is 2.68 bits per heavy atom. The van der Waals surface area contributed by atoms with Crippen LogP contribution in [0.4, 0.5) is 0 Å². The first-order valence-corrected chi connectivity index (χ1v) is 10.1. The molecule has 1 atom stereocenters. The van der Waals surface area contributed by atoms with Crippen molar-refractivity contribution in [1.82, 2.24) is 19.5 Å². The summed E-state index contributed by atoms with van der Waals surface area (Å²) in [5.41, 5.74) is 2.46. The fraction of sp³-hybridized carbons (Fsp3) is 0.286. The lowest BCUT2D eigenvalue weighted by molar-refractivity contribution is -0.121. The average molecular weight is 395 g/mol. The predicted octanol–water partition coefficient (Wildman–Crippen LogP) is 3.25. The van der Waals surface area contributed by atoms with Crippen LogP contribution >= 0.6 is 11.3 Å². The average Bonchev–Trinajstić information content (AvgIpc) is 3.20. The van der Waals surface area contributed by atoms with Crippen molar-refractivity contribution in [2.45, 2.75) is 33.2 Å². The molecule has 0 spiro atoms. The van der Waals surface area contributed by atoms with E-state index in [1.807, 2.05) is 54.6 Å². The standard InChI is InChI=1S/C21H22N4O2S/c1-13(16-7-5-4-6-8-16)11-22-20(26)12-24-21(27)18-10-19-17(9-14(2)28-19)25(18)15(3)23-24/h4-10,13H,11-12H2,1-3H3,(H,22,26)/t13-/m1/s1. The molecular formula is C21H22N4O2S.